The molecule has 1 rings (SSSR count). The van der Waals surface area contributed by atoms with E-state index in [1.165, 1.54) is 12.2 Å². The Morgan fingerprint density at radius 1 is 1.88 bits per heavy atom. The van der Waals surface area contributed by atoms with Crippen LogP contribution in [0, 0.1) is 0 Å². The van der Waals surface area contributed by atoms with Crippen molar-refractivity contribution < 1.29 is 4.79 Å². The lowest BCUT2D eigenvalue weighted by Gasteiger charge is -2.23. The molecule has 1 saturated heterocycles. The van der Waals surface area contributed by atoms with E-state index in [-0.39, 0.29) is 0 Å². The van der Waals surface area contributed by atoms with Crippen molar-refractivity contribution in [1.82, 2.24) is 5.32 Å². The molecule has 2 nitrogen and oxygen atoms in total. The molecule has 0 aromatic heterocycles. The van der Waals surface area contributed by atoms with Gasteiger partial charge < -0.3 is 5.32 Å². The van der Waals surface area contributed by atoms with Gasteiger partial charge in [-0.1, -0.05) is 0 Å². The largest absolute Gasteiger partial charge is 0.347 e. The van der Waals surface area contributed by atoms with Crippen molar-refractivity contribution in [3.05, 3.63) is 0 Å². The molecule has 1 aliphatic rings. The molecule has 1 heterocycles. The highest BCUT2D eigenvalue weighted by atomic mass is 32.2. The Kier molecular flexibility index (Phi) is 2.21. The van der Waals surface area contributed by atoms with Crippen LogP contribution in [0.15, 0.2) is 0 Å². The topological polar surface area (TPSA) is 29.1 Å². The van der Waals surface area contributed by atoms with E-state index in [1.807, 2.05) is 11.8 Å². The Labute approximate surface area is 53.0 Å². The number of carbonyl (C=O) groups excluding carboxylic acids is 1. The molecule has 1 aliphatic heterocycles. The Bertz CT molecular complexity index is 82.5. The second kappa shape index (κ2) is 2.97. The van der Waals surface area contributed by atoms with Crippen molar-refractivity contribution in [2.75, 3.05) is 12.3 Å². The van der Waals surface area contributed by atoms with Crippen LogP contribution in [-0.2, 0) is 4.79 Å². The average molecular weight is 130 g/mol. The molecule has 1 N–H and O–H groups in total. The van der Waals surface area contributed by atoms with E-state index in [2.05, 4.69) is 5.32 Å². The quantitative estimate of drug-likeness (QED) is 0.551. The zero-order valence-corrected chi connectivity index (χ0v) is 5.33. The SMILES string of the molecule is O=[C]NCC1CCS1. The van der Waals surface area contributed by atoms with Gasteiger partial charge in [0.15, 0.2) is 0 Å². The summed E-state index contributed by atoms with van der Waals surface area (Å²) in [5.41, 5.74) is 0. The summed E-state index contributed by atoms with van der Waals surface area (Å²) in [5.74, 6) is 1.26. The van der Waals surface area contributed by atoms with Crippen LogP contribution in [0.1, 0.15) is 6.42 Å². The maximum absolute atomic E-state index is 9.60. The molecule has 8 heavy (non-hydrogen) atoms. The fourth-order valence-electron chi connectivity index (χ4n) is 0.601. The molecular weight excluding hydrogens is 122 g/mol. The highest BCUT2D eigenvalue weighted by Gasteiger charge is 2.16. The molecule has 0 bridgehead atoms. The molecule has 0 saturated carbocycles. The monoisotopic (exact) mass is 130 g/mol. The minimum atomic E-state index is 0.677. The lowest BCUT2D eigenvalue weighted by atomic mass is 10.3. The molecule has 0 aliphatic carbocycles. The maximum atomic E-state index is 9.60. The van der Waals surface area contributed by atoms with Crippen LogP contribution in [0.2, 0.25) is 0 Å². The van der Waals surface area contributed by atoms with Crippen molar-refractivity contribution in [3.63, 3.8) is 0 Å². The molecule has 3 heteroatoms. The Balaban J connectivity index is 1.93. The Morgan fingerprint density at radius 3 is 3.00 bits per heavy atom. The normalized spacial score (nSPS) is 26.2. The molecule has 1 radical (unpaired) electrons. The summed E-state index contributed by atoms with van der Waals surface area (Å²) in [4.78, 5) is 9.60. The zero-order valence-electron chi connectivity index (χ0n) is 4.52. The first-order chi connectivity index (χ1) is 3.93. The fourth-order valence-corrected chi connectivity index (χ4v) is 1.37. The van der Waals surface area contributed by atoms with Crippen LogP contribution in [0.4, 0.5) is 0 Å². The predicted octanol–water partition coefficient (Wildman–Crippen LogP) is 0.149. The van der Waals surface area contributed by atoms with Gasteiger partial charge in [0.1, 0.15) is 0 Å². The van der Waals surface area contributed by atoms with Crippen LogP contribution in [-0.4, -0.2) is 24.0 Å². The lowest BCUT2D eigenvalue weighted by molar-refractivity contribution is 0.540. The van der Waals surface area contributed by atoms with Crippen LogP contribution in [0.5, 0.6) is 0 Å². The summed E-state index contributed by atoms with van der Waals surface area (Å²) in [6, 6.07) is 0. The van der Waals surface area contributed by atoms with E-state index >= 15 is 0 Å². The molecule has 1 unspecified atom stereocenters. The van der Waals surface area contributed by atoms with Crippen molar-refractivity contribution in [2.24, 2.45) is 0 Å². The van der Waals surface area contributed by atoms with E-state index in [4.69, 9.17) is 0 Å². The third-order valence-corrected chi connectivity index (χ3v) is 2.54. The molecule has 45 valence electrons. The summed E-state index contributed by atoms with van der Waals surface area (Å²) in [6.07, 6.45) is 2.90. The minimum absolute atomic E-state index is 0.677. The van der Waals surface area contributed by atoms with Crippen molar-refractivity contribution in [3.8, 4) is 0 Å². The summed E-state index contributed by atoms with van der Waals surface area (Å²) in [6.45, 7) is 0.800. The van der Waals surface area contributed by atoms with Crippen molar-refractivity contribution in [1.29, 1.82) is 0 Å². The van der Waals surface area contributed by atoms with Gasteiger partial charge in [-0.25, -0.2) is 0 Å². The smallest absolute Gasteiger partial charge is 0.309 e. The summed E-state index contributed by atoms with van der Waals surface area (Å²) >= 11 is 1.90. The fraction of sp³-hybridized carbons (Fsp3) is 0.800. The van der Waals surface area contributed by atoms with Gasteiger partial charge in [-0.3, -0.25) is 4.79 Å². The third kappa shape index (κ3) is 1.40. The number of nitrogens with one attached hydrogen (secondary N) is 1. The van der Waals surface area contributed by atoms with Gasteiger partial charge in [-0.05, 0) is 12.2 Å². The van der Waals surface area contributed by atoms with Gasteiger partial charge in [0, 0.05) is 11.8 Å². The molecule has 1 fully saturated rings. The summed E-state index contributed by atoms with van der Waals surface area (Å²) in [7, 11) is 0. The number of hydrogen-bond donors (Lipinski definition) is 1. The van der Waals surface area contributed by atoms with E-state index in [0.29, 0.717) is 5.25 Å². The van der Waals surface area contributed by atoms with Crippen molar-refractivity contribution in [2.45, 2.75) is 11.7 Å². The van der Waals surface area contributed by atoms with Crippen LogP contribution >= 0.6 is 11.8 Å². The number of hydrogen-bond acceptors (Lipinski definition) is 2. The van der Waals surface area contributed by atoms with Crippen LogP contribution in [0.3, 0.4) is 0 Å². The predicted molar refractivity (Wildman–Crippen MR) is 34.6 cm³/mol. The van der Waals surface area contributed by atoms with Gasteiger partial charge in [0.2, 0.25) is 0 Å². The molecule has 0 aromatic rings. The molecule has 1 atom stereocenters. The van der Waals surface area contributed by atoms with Gasteiger partial charge in [0.05, 0.1) is 0 Å². The summed E-state index contributed by atoms with van der Waals surface area (Å²) < 4.78 is 0. The van der Waals surface area contributed by atoms with Crippen molar-refractivity contribution >= 4 is 18.2 Å². The van der Waals surface area contributed by atoms with Gasteiger partial charge in [-0.2, -0.15) is 11.8 Å². The van der Waals surface area contributed by atoms with Gasteiger partial charge >= 0.3 is 6.41 Å². The molecule has 0 aromatic carbocycles. The first-order valence-corrected chi connectivity index (χ1v) is 3.70. The van der Waals surface area contributed by atoms with Crippen LogP contribution in [0.25, 0.3) is 0 Å². The zero-order chi connectivity index (χ0) is 5.82. The maximum Gasteiger partial charge on any atom is 0.309 e. The second-order valence-corrected chi connectivity index (χ2v) is 3.17. The minimum Gasteiger partial charge on any atom is -0.347 e. The summed E-state index contributed by atoms with van der Waals surface area (Å²) in [5, 5.41) is 3.20. The standard InChI is InChI=1S/C5H8NOS/c7-4-6-3-5-1-2-8-5/h5H,1-3H2,(H,6,7). The van der Waals surface area contributed by atoms with E-state index in [9.17, 15) is 4.79 Å². The van der Waals surface area contributed by atoms with Crippen LogP contribution < -0.4 is 5.32 Å². The van der Waals surface area contributed by atoms with E-state index < -0.39 is 0 Å². The Hall–Kier alpha value is -0.180. The van der Waals surface area contributed by atoms with Gasteiger partial charge in [0.25, 0.3) is 0 Å². The average Bonchev–Trinajstić information content (AvgIpc) is 1.63. The van der Waals surface area contributed by atoms with E-state index in [0.717, 1.165) is 6.54 Å². The van der Waals surface area contributed by atoms with Gasteiger partial charge in [-0.15, -0.1) is 0 Å². The molecular formula is C5H8NOS. The second-order valence-electron chi connectivity index (χ2n) is 1.76. The highest BCUT2D eigenvalue weighted by molar-refractivity contribution is 8.01. The first-order valence-electron chi connectivity index (χ1n) is 2.65. The third-order valence-electron chi connectivity index (χ3n) is 1.20. The van der Waals surface area contributed by atoms with E-state index in [1.54, 1.807) is 6.41 Å². The molecule has 0 spiro atoms. The molecule has 1 amide bonds. The number of amides is 1. The number of rotatable bonds is 3. The lowest BCUT2D eigenvalue weighted by Crippen LogP contribution is -2.29. The number of thioether (sulfide) groups is 1. The highest BCUT2D eigenvalue weighted by Crippen LogP contribution is 2.26. The Morgan fingerprint density at radius 2 is 2.62 bits per heavy atom. The first kappa shape index (κ1) is 5.95.